The van der Waals surface area contributed by atoms with Crippen molar-refractivity contribution in [3.63, 3.8) is 0 Å². The Labute approximate surface area is 84.1 Å². The summed E-state index contributed by atoms with van der Waals surface area (Å²) >= 11 is 0. The van der Waals surface area contributed by atoms with E-state index in [2.05, 4.69) is 4.98 Å². The van der Waals surface area contributed by atoms with Crippen LogP contribution in [0.4, 0.5) is 0 Å². The molecule has 3 heteroatoms. The number of aromatic nitrogens is 1. The van der Waals surface area contributed by atoms with Gasteiger partial charge in [0, 0.05) is 17.3 Å². The molecule has 0 unspecified atom stereocenters. The third-order valence-electron chi connectivity index (χ3n) is 1.78. The van der Waals surface area contributed by atoms with E-state index in [1.807, 2.05) is 20.8 Å². The summed E-state index contributed by atoms with van der Waals surface area (Å²) in [7, 11) is 0. The Morgan fingerprint density at radius 1 is 1.50 bits per heavy atom. The minimum atomic E-state index is 0.0247. The van der Waals surface area contributed by atoms with Gasteiger partial charge < -0.3 is 4.74 Å². The van der Waals surface area contributed by atoms with Crippen LogP contribution in [0.25, 0.3) is 0 Å². The van der Waals surface area contributed by atoms with Gasteiger partial charge in [-0.3, -0.25) is 4.79 Å². The van der Waals surface area contributed by atoms with E-state index in [0.29, 0.717) is 11.4 Å². The van der Waals surface area contributed by atoms with E-state index in [1.165, 1.54) is 6.92 Å². The first-order chi connectivity index (χ1) is 6.50. The Bertz CT molecular complexity index is 345. The summed E-state index contributed by atoms with van der Waals surface area (Å²) in [6.45, 7) is 7.30. The van der Waals surface area contributed by atoms with Gasteiger partial charge in [0.2, 0.25) is 5.88 Å². The normalized spacial score (nSPS) is 10.4. The first-order valence-electron chi connectivity index (χ1n) is 4.65. The summed E-state index contributed by atoms with van der Waals surface area (Å²) in [5.74, 6) is 0.627. The molecule has 0 aliphatic rings. The number of aryl methyl sites for hydroxylation is 1. The molecule has 0 atom stereocenters. The molecule has 0 aliphatic carbocycles. The third kappa shape index (κ3) is 2.55. The lowest BCUT2D eigenvalue weighted by molar-refractivity contribution is 0.101. The molecule has 76 valence electrons. The van der Waals surface area contributed by atoms with Gasteiger partial charge in [-0.25, -0.2) is 4.98 Å². The van der Waals surface area contributed by atoms with Crippen LogP contribution >= 0.6 is 0 Å². The monoisotopic (exact) mass is 193 g/mol. The highest BCUT2D eigenvalue weighted by Crippen LogP contribution is 2.16. The van der Waals surface area contributed by atoms with Crippen LogP contribution < -0.4 is 4.74 Å². The molecule has 0 saturated heterocycles. The molecule has 0 saturated carbocycles. The van der Waals surface area contributed by atoms with Gasteiger partial charge in [-0.2, -0.15) is 0 Å². The van der Waals surface area contributed by atoms with E-state index in [9.17, 15) is 4.79 Å². The fourth-order valence-corrected chi connectivity index (χ4v) is 1.10. The van der Waals surface area contributed by atoms with Crippen molar-refractivity contribution in [1.29, 1.82) is 0 Å². The maximum absolute atomic E-state index is 11.1. The Hall–Kier alpha value is -1.38. The zero-order valence-electron chi connectivity index (χ0n) is 9.00. The lowest BCUT2D eigenvalue weighted by atomic mass is 10.1. The molecule has 0 aromatic carbocycles. The summed E-state index contributed by atoms with van der Waals surface area (Å²) in [5, 5.41) is 0. The van der Waals surface area contributed by atoms with E-state index in [0.717, 1.165) is 5.56 Å². The summed E-state index contributed by atoms with van der Waals surface area (Å²) in [5.41, 5.74) is 1.52. The number of rotatable bonds is 3. The molecule has 1 rings (SSSR count). The lowest BCUT2D eigenvalue weighted by Gasteiger charge is -2.11. The number of Topliss-reactive ketones (excluding diaryl/α,β-unsaturated/α-hetero) is 1. The van der Waals surface area contributed by atoms with Crippen LogP contribution in [0.15, 0.2) is 12.3 Å². The Balaban J connectivity index is 2.95. The van der Waals surface area contributed by atoms with Crippen molar-refractivity contribution < 1.29 is 9.53 Å². The van der Waals surface area contributed by atoms with Crippen LogP contribution in [0.3, 0.4) is 0 Å². The molecule has 0 radical (unpaired) electrons. The van der Waals surface area contributed by atoms with Gasteiger partial charge in [-0.15, -0.1) is 0 Å². The van der Waals surface area contributed by atoms with Crippen molar-refractivity contribution in [2.24, 2.45) is 0 Å². The molecule has 1 aromatic heterocycles. The standard InChI is InChI=1S/C11H15NO2/c1-7(2)14-11-8(3)5-10(6-12-11)9(4)13/h5-7H,1-4H3. The van der Waals surface area contributed by atoms with Crippen LogP contribution in [0.2, 0.25) is 0 Å². The lowest BCUT2D eigenvalue weighted by Crippen LogP contribution is -2.08. The molecule has 3 nitrogen and oxygen atoms in total. The number of hydrogen-bond acceptors (Lipinski definition) is 3. The minimum absolute atomic E-state index is 0.0247. The molecule has 14 heavy (non-hydrogen) atoms. The number of ether oxygens (including phenoxy) is 1. The maximum atomic E-state index is 11.1. The highest BCUT2D eigenvalue weighted by molar-refractivity contribution is 5.93. The highest BCUT2D eigenvalue weighted by atomic mass is 16.5. The molecule has 1 aromatic rings. The fourth-order valence-electron chi connectivity index (χ4n) is 1.10. The van der Waals surface area contributed by atoms with Crippen molar-refractivity contribution in [3.05, 3.63) is 23.4 Å². The Kier molecular flexibility index (Phi) is 3.23. The number of carbonyl (C=O) groups is 1. The largest absolute Gasteiger partial charge is 0.475 e. The topological polar surface area (TPSA) is 39.2 Å². The quantitative estimate of drug-likeness (QED) is 0.692. The van der Waals surface area contributed by atoms with Crippen LogP contribution in [0, 0.1) is 6.92 Å². The molecule has 0 spiro atoms. The van der Waals surface area contributed by atoms with E-state index in [-0.39, 0.29) is 11.9 Å². The third-order valence-corrected chi connectivity index (χ3v) is 1.78. The van der Waals surface area contributed by atoms with E-state index >= 15 is 0 Å². The summed E-state index contributed by atoms with van der Waals surface area (Å²) < 4.78 is 5.46. The van der Waals surface area contributed by atoms with Gasteiger partial charge in [0.05, 0.1) is 6.10 Å². The van der Waals surface area contributed by atoms with Crippen LogP contribution in [-0.2, 0) is 0 Å². The Morgan fingerprint density at radius 3 is 2.57 bits per heavy atom. The second-order valence-electron chi connectivity index (χ2n) is 3.57. The second kappa shape index (κ2) is 4.22. The average Bonchev–Trinajstić information content (AvgIpc) is 2.07. The first-order valence-corrected chi connectivity index (χ1v) is 4.65. The van der Waals surface area contributed by atoms with Gasteiger partial charge in [0.15, 0.2) is 5.78 Å². The van der Waals surface area contributed by atoms with Crippen molar-refractivity contribution in [2.75, 3.05) is 0 Å². The van der Waals surface area contributed by atoms with Crippen LogP contribution in [0.1, 0.15) is 36.7 Å². The highest BCUT2D eigenvalue weighted by Gasteiger charge is 2.06. The van der Waals surface area contributed by atoms with Gasteiger partial charge in [-0.1, -0.05) is 0 Å². The second-order valence-corrected chi connectivity index (χ2v) is 3.57. The molecular formula is C11H15NO2. The zero-order valence-corrected chi connectivity index (χ0v) is 9.00. The van der Waals surface area contributed by atoms with Gasteiger partial charge >= 0.3 is 0 Å². The fraction of sp³-hybridized carbons (Fsp3) is 0.455. The minimum Gasteiger partial charge on any atom is -0.475 e. The molecule has 0 fully saturated rings. The van der Waals surface area contributed by atoms with E-state index < -0.39 is 0 Å². The SMILES string of the molecule is CC(=O)c1cnc(OC(C)C)c(C)c1. The number of nitrogens with zero attached hydrogens (tertiary/aromatic N) is 1. The molecular weight excluding hydrogens is 178 g/mol. The van der Waals surface area contributed by atoms with Gasteiger partial charge in [0.25, 0.3) is 0 Å². The number of pyridine rings is 1. The van der Waals surface area contributed by atoms with E-state index in [4.69, 9.17) is 4.74 Å². The van der Waals surface area contributed by atoms with Crippen molar-refractivity contribution >= 4 is 5.78 Å². The smallest absolute Gasteiger partial charge is 0.216 e. The van der Waals surface area contributed by atoms with Gasteiger partial charge in [-0.05, 0) is 33.8 Å². The number of hydrogen-bond donors (Lipinski definition) is 0. The zero-order chi connectivity index (χ0) is 10.7. The molecule has 1 heterocycles. The molecule has 0 N–H and O–H groups in total. The Morgan fingerprint density at radius 2 is 2.14 bits per heavy atom. The van der Waals surface area contributed by atoms with Crippen LogP contribution in [-0.4, -0.2) is 16.9 Å². The maximum Gasteiger partial charge on any atom is 0.216 e. The molecule has 0 bridgehead atoms. The predicted molar refractivity (Wildman–Crippen MR) is 54.7 cm³/mol. The summed E-state index contributed by atoms with van der Waals surface area (Å²) in [6.07, 6.45) is 1.65. The average molecular weight is 193 g/mol. The number of ketones is 1. The van der Waals surface area contributed by atoms with Crippen molar-refractivity contribution in [3.8, 4) is 5.88 Å². The molecule has 0 aliphatic heterocycles. The van der Waals surface area contributed by atoms with Crippen LogP contribution in [0.5, 0.6) is 5.88 Å². The van der Waals surface area contributed by atoms with Gasteiger partial charge in [0.1, 0.15) is 0 Å². The van der Waals surface area contributed by atoms with Crippen molar-refractivity contribution in [2.45, 2.75) is 33.8 Å². The number of carbonyl (C=O) groups excluding carboxylic acids is 1. The van der Waals surface area contributed by atoms with Crippen molar-refractivity contribution in [1.82, 2.24) is 4.98 Å². The molecule has 0 amide bonds. The first kappa shape index (κ1) is 10.7. The summed E-state index contributed by atoms with van der Waals surface area (Å²) in [4.78, 5) is 15.1. The predicted octanol–water partition coefficient (Wildman–Crippen LogP) is 2.38. The summed E-state index contributed by atoms with van der Waals surface area (Å²) in [6, 6.07) is 1.80. The van der Waals surface area contributed by atoms with E-state index in [1.54, 1.807) is 12.3 Å².